The highest BCUT2D eigenvalue weighted by atomic mass is 32.2. The summed E-state index contributed by atoms with van der Waals surface area (Å²) in [5, 5.41) is 17.8. The van der Waals surface area contributed by atoms with Crippen LogP contribution < -0.4 is 4.18 Å². The summed E-state index contributed by atoms with van der Waals surface area (Å²) in [5.74, 6) is -2.24. The van der Waals surface area contributed by atoms with Crippen LogP contribution in [0.25, 0.3) is 11.1 Å². The molecule has 0 saturated carbocycles. The molecule has 0 spiro atoms. The fraction of sp³-hybridized carbons (Fsp3) is 0.120. The quantitative estimate of drug-likeness (QED) is 0.255. The van der Waals surface area contributed by atoms with Crippen LogP contribution in [0.1, 0.15) is 31.8 Å². The van der Waals surface area contributed by atoms with Crippen molar-refractivity contribution in [3.05, 3.63) is 89.0 Å². The van der Waals surface area contributed by atoms with Crippen molar-refractivity contribution in [2.45, 2.75) is 5.51 Å². The summed E-state index contributed by atoms with van der Waals surface area (Å²) in [6.07, 6.45) is 0. The monoisotopic (exact) mass is 546 g/mol. The van der Waals surface area contributed by atoms with E-state index in [0.717, 1.165) is 30.4 Å². The number of halogens is 3. The number of nitrogens with zero attached hydrogens (tertiary/aromatic N) is 2. The van der Waals surface area contributed by atoms with Crippen molar-refractivity contribution < 1.29 is 44.8 Å². The minimum absolute atomic E-state index is 0.265. The number of hydrogen-bond donors (Lipinski definition) is 0. The molecule has 0 aliphatic heterocycles. The van der Waals surface area contributed by atoms with Crippen LogP contribution in [-0.2, 0) is 19.6 Å². The lowest BCUT2D eigenvalue weighted by atomic mass is 9.98. The molecule has 0 fully saturated rings. The van der Waals surface area contributed by atoms with Crippen LogP contribution in [0.4, 0.5) is 13.2 Å². The van der Waals surface area contributed by atoms with E-state index in [1.807, 2.05) is 30.3 Å². The molecule has 0 aliphatic carbocycles. The summed E-state index contributed by atoms with van der Waals surface area (Å²) in [4.78, 5) is 22.7. The van der Waals surface area contributed by atoms with E-state index in [2.05, 4.69) is 19.7 Å². The predicted molar refractivity (Wildman–Crippen MR) is 126 cm³/mol. The maximum Gasteiger partial charge on any atom is 0.534 e. The first kappa shape index (κ1) is 29.4. The van der Waals surface area contributed by atoms with E-state index >= 15 is 0 Å². The van der Waals surface area contributed by atoms with Gasteiger partial charge in [0.15, 0.2) is 5.75 Å². The molecule has 0 heterocycles. The van der Waals surface area contributed by atoms with E-state index in [-0.39, 0.29) is 5.56 Å². The number of methoxy groups -OCH3 is 2. The van der Waals surface area contributed by atoms with Gasteiger partial charge in [0.2, 0.25) is 0 Å². The SMILES string of the molecule is COC(=O)c1ccc(C#N)c(-c2ccccc2)c1.COC(=O)c1ccc(C#N)c(OS(=O)(=O)C(F)(F)F)c1. The van der Waals surface area contributed by atoms with Crippen molar-refractivity contribution in [1.29, 1.82) is 10.5 Å². The molecule has 38 heavy (non-hydrogen) atoms. The van der Waals surface area contributed by atoms with Crippen LogP contribution in [-0.4, -0.2) is 40.1 Å². The van der Waals surface area contributed by atoms with E-state index in [9.17, 15) is 31.2 Å². The Hall–Kier alpha value is -4.88. The number of ether oxygens (including phenoxy) is 2. The molecule has 3 aromatic rings. The van der Waals surface area contributed by atoms with Gasteiger partial charge < -0.3 is 13.7 Å². The van der Waals surface area contributed by atoms with E-state index in [1.165, 1.54) is 13.2 Å². The van der Waals surface area contributed by atoms with Gasteiger partial charge in [-0.3, -0.25) is 0 Å². The molecule has 3 aromatic carbocycles. The second-order valence-corrected chi connectivity index (χ2v) is 8.57. The number of rotatable bonds is 5. The third-order valence-corrected chi connectivity index (χ3v) is 5.62. The van der Waals surface area contributed by atoms with Crippen molar-refractivity contribution in [3.8, 4) is 29.0 Å². The predicted octanol–water partition coefficient (Wildman–Crippen LogP) is 4.59. The molecule has 3 rings (SSSR count). The smallest absolute Gasteiger partial charge is 0.465 e. The highest BCUT2D eigenvalue weighted by molar-refractivity contribution is 7.88. The Labute approximate surface area is 215 Å². The third kappa shape index (κ3) is 7.09. The standard InChI is InChI=1S/C15H11NO2.C10H6F3NO5S/c1-18-15(17)12-7-8-13(10-16)14(9-12)11-5-3-2-4-6-11;1-18-9(15)6-2-3-7(5-14)8(4-6)19-20(16,17)10(11,12)13/h2-9H,1H3;2-4H,1H3. The minimum atomic E-state index is -5.94. The Kier molecular flexibility index (Phi) is 9.56. The first-order valence-electron chi connectivity index (χ1n) is 10.2. The summed E-state index contributed by atoms with van der Waals surface area (Å²) in [5.41, 5.74) is -3.78. The van der Waals surface area contributed by atoms with Gasteiger partial charge in [0, 0.05) is 5.56 Å². The van der Waals surface area contributed by atoms with Crippen molar-refractivity contribution in [3.63, 3.8) is 0 Å². The molecule has 196 valence electrons. The zero-order valence-corrected chi connectivity index (χ0v) is 20.5. The summed E-state index contributed by atoms with van der Waals surface area (Å²) in [7, 11) is -3.58. The van der Waals surface area contributed by atoms with Gasteiger partial charge in [-0.25, -0.2) is 9.59 Å². The maximum absolute atomic E-state index is 12.2. The van der Waals surface area contributed by atoms with Gasteiger partial charge in [0.1, 0.15) is 6.07 Å². The Morgan fingerprint density at radius 2 is 1.29 bits per heavy atom. The third-order valence-electron chi connectivity index (χ3n) is 4.65. The van der Waals surface area contributed by atoms with Gasteiger partial charge in [-0.2, -0.15) is 32.1 Å². The molecule has 0 amide bonds. The van der Waals surface area contributed by atoms with Crippen molar-refractivity contribution >= 4 is 22.1 Å². The number of alkyl halides is 3. The van der Waals surface area contributed by atoms with Crippen LogP contribution in [0.15, 0.2) is 66.7 Å². The van der Waals surface area contributed by atoms with Crippen LogP contribution >= 0.6 is 0 Å². The molecule has 0 unspecified atom stereocenters. The molecule has 0 radical (unpaired) electrons. The van der Waals surface area contributed by atoms with E-state index in [0.29, 0.717) is 17.2 Å². The van der Waals surface area contributed by atoms with E-state index in [4.69, 9.17) is 10.5 Å². The van der Waals surface area contributed by atoms with Gasteiger partial charge in [0.05, 0.1) is 42.5 Å². The van der Waals surface area contributed by atoms with Crippen LogP contribution in [0.5, 0.6) is 5.75 Å². The van der Waals surface area contributed by atoms with E-state index in [1.54, 1.807) is 18.2 Å². The lowest BCUT2D eigenvalue weighted by Gasteiger charge is -2.11. The van der Waals surface area contributed by atoms with Gasteiger partial charge in [0.25, 0.3) is 0 Å². The zero-order valence-electron chi connectivity index (χ0n) is 19.6. The lowest BCUT2D eigenvalue weighted by molar-refractivity contribution is -0.0500. The molecular weight excluding hydrogens is 529 g/mol. The van der Waals surface area contributed by atoms with Crippen LogP contribution in [0.2, 0.25) is 0 Å². The lowest BCUT2D eigenvalue weighted by Crippen LogP contribution is -2.28. The van der Waals surface area contributed by atoms with E-state index < -0.39 is 38.9 Å². The summed E-state index contributed by atoms with van der Waals surface area (Å²) in [6, 6.07) is 20.7. The number of carbonyl (C=O) groups is 2. The highest BCUT2D eigenvalue weighted by Gasteiger charge is 2.48. The molecule has 0 N–H and O–H groups in total. The molecular formula is C25H17F3N2O7S. The molecule has 0 bridgehead atoms. The fourth-order valence-electron chi connectivity index (χ4n) is 2.84. The van der Waals surface area contributed by atoms with Crippen LogP contribution in [0.3, 0.4) is 0 Å². The van der Waals surface area contributed by atoms with Gasteiger partial charge in [-0.1, -0.05) is 30.3 Å². The average Bonchev–Trinajstić information content (AvgIpc) is 2.91. The Morgan fingerprint density at radius 1 is 0.789 bits per heavy atom. The first-order valence-corrected chi connectivity index (χ1v) is 11.6. The van der Waals surface area contributed by atoms with Gasteiger partial charge >= 0.3 is 27.6 Å². The molecule has 0 aromatic heterocycles. The second-order valence-electron chi connectivity index (χ2n) is 7.03. The molecule has 9 nitrogen and oxygen atoms in total. The zero-order chi connectivity index (χ0) is 28.5. The van der Waals surface area contributed by atoms with Gasteiger partial charge in [-0.15, -0.1) is 0 Å². The number of benzene rings is 3. The topological polar surface area (TPSA) is 144 Å². The molecule has 0 atom stereocenters. The highest BCUT2D eigenvalue weighted by Crippen LogP contribution is 2.29. The molecule has 0 aliphatic rings. The van der Waals surface area contributed by atoms with Crippen LogP contribution in [0, 0.1) is 22.7 Å². The summed E-state index contributed by atoms with van der Waals surface area (Å²) >= 11 is 0. The van der Waals surface area contributed by atoms with Crippen molar-refractivity contribution in [2.75, 3.05) is 14.2 Å². The minimum Gasteiger partial charge on any atom is -0.465 e. The normalized spacial score (nSPS) is 10.6. The number of esters is 2. The largest absolute Gasteiger partial charge is 0.534 e. The number of hydrogen-bond acceptors (Lipinski definition) is 9. The Balaban J connectivity index is 0.000000268. The maximum atomic E-state index is 12.2. The fourth-order valence-corrected chi connectivity index (χ4v) is 3.31. The summed E-state index contributed by atoms with van der Waals surface area (Å²) < 4.78 is 71.1. The Bertz CT molecular complexity index is 1530. The summed E-state index contributed by atoms with van der Waals surface area (Å²) in [6.45, 7) is 0. The molecule has 0 saturated heterocycles. The van der Waals surface area contributed by atoms with Crippen molar-refractivity contribution in [2.24, 2.45) is 0 Å². The van der Waals surface area contributed by atoms with Crippen molar-refractivity contribution in [1.82, 2.24) is 0 Å². The second kappa shape index (κ2) is 12.4. The molecule has 13 heteroatoms. The average molecular weight is 546 g/mol. The number of carbonyl (C=O) groups excluding carboxylic acids is 2. The first-order chi connectivity index (χ1) is 17.9. The number of nitriles is 2. The van der Waals surface area contributed by atoms with Gasteiger partial charge in [-0.05, 0) is 42.0 Å². The Morgan fingerprint density at radius 3 is 1.76 bits per heavy atom.